The number of rotatable bonds is 4. The summed E-state index contributed by atoms with van der Waals surface area (Å²) in [4.78, 5) is 26.0. The zero-order chi connectivity index (χ0) is 18.7. The Morgan fingerprint density at radius 2 is 2.08 bits per heavy atom. The highest BCUT2D eigenvalue weighted by molar-refractivity contribution is 5.98. The third-order valence-corrected chi connectivity index (χ3v) is 4.18. The van der Waals surface area contributed by atoms with Crippen molar-refractivity contribution in [2.24, 2.45) is 0 Å². The van der Waals surface area contributed by atoms with Crippen molar-refractivity contribution in [3.05, 3.63) is 53.8 Å². The van der Waals surface area contributed by atoms with Crippen LogP contribution in [-0.2, 0) is 4.79 Å². The van der Waals surface area contributed by atoms with Crippen LogP contribution in [0, 0.1) is 12.7 Å². The van der Waals surface area contributed by atoms with Crippen molar-refractivity contribution >= 4 is 23.3 Å². The quantitative estimate of drug-likeness (QED) is 0.883. The van der Waals surface area contributed by atoms with E-state index in [2.05, 4.69) is 10.6 Å². The number of hydrogen-bond acceptors (Lipinski definition) is 3. The average molecular weight is 357 g/mol. The summed E-state index contributed by atoms with van der Waals surface area (Å²) in [6, 6.07) is 10.5. The first kappa shape index (κ1) is 17.7. The molecule has 3 amide bonds. The highest BCUT2D eigenvalue weighted by Gasteiger charge is 2.31. The van der Waals surface area contributed by atoms with Crippen molar-refractivity contribution in [3.8, 4) is 5.75 Å². The topological polar surface area (TPSA) is 70.7 Å². The van der Waals surface area contributed by atoms with Gasteiger partial charge in [-0.15, -0.1) is 0 Å². The molecule has 0 aliphatic carbocycles. The smallest absolute Gasteiger partial charge is 0.319 e. The number of nitrogens with one attached hydrogen (secondary N) is 2. The van der Waals surface area contributed by atoms with Gasteiger partial charge in [-0.1, -0.05) is 12.1 Å². The molecule has 0 saturated carbocycles. The van der Waals surface area contributed by atoms with Gasteiger partial charge in [-0.2, -0.15) is 0 Å². The summed E-state index contributed by atoms with van der Waals surface area (Å²) in [5, 5.41) is 5.52. The Balaban J connectivity index is 1.64. The molecular weight excluding hydrogens is 337 g/mol. The number of halogens is 1. The minimum Gasteiger partial charge on any atom is -0.495 e. The van der Waals surface area contributed by atoms with Gasteiger partial charge in [-0.25, -0.2) is 9.18 Å². The van der Waals surface area contributed by atoms with Crippen LogP contribution in [0.1, 0.15) is 12.0 Å². The fourth-order valence-electron chi connectivity index (χ4n) is 2.96. The molecule has 2 aromatic rings. The Labute approximate surface area is 150 Å². The summed E-state index contributed by atoms with van der Waals surface area (Å²) in [5.74, 6) is -0.0142. The van der Waals surface area contributed by atoms with Gasteiger partial charge in [0.1, 0.15) is 11.6 Å². The minimum absolute atomic E-state index is 0.158. The maximum absolute atomic E-state index is 13.4. The molecule has 26 heavy (non-hydrogen) atoms. The van der Waals surface area contributed by atoms with Crippen LogP contribution in [0.2, 0.25) is 0 Å². The van der Waals surface area contributed by atoms with E-state index < -0.39 is 11.8 Å². The zero-order valence-electron chi connectivity index (χ0n) is 14.6. The average Bonchev–Trinajstić information content (AvgIpc) is 2.95. The van der Waals surface area contributed by atoms with Crippen LogP contribution in [0.5, 0.6) is 5.75 Å². The fraction of sp³-hybridized carbons (Fsp3) is 0.263. The second-order valence-corrected chi connectivity index (χ2v) is 6.19. The van der Waals surface area contributed by atoms with Gasteiger partial charge in [0.25, 0.3) is 0 Å². The lowest BCUT2D eigenvalue weighted by Gasteiger charge is -2.18. The van der Waals surface area contributed by atoms with Crippen LogP contribution in [0.4, 0.5) is 20.6 Å². The Kier molecular flexibility index (Phi) is 5.06. The molecule has 0 aromatic heterocycles. The number of anilines is 2. The van der Waals surface area contributed by atoms with E-state index in [1.165, 1.54) is 24.1 Å². The standard InChI is InChI=1S/C19H20FN3O3/c1-12-6-7-17(26-2)16(8-12)22-19(25)21-14-10-18(24)23(11-14)15-5-3-4-13(20)9-15/h3-9,14H,10-11H2,1-2H3,(H2,21,22,25)/t14-/m0/s1. The maximum atomic E-state index is 13.4. The predicted molar refractivity (Wildman–Crippen MR) is 97.0 cm³/mol. The number of urea groups is 1. The molecule has 1 saturated heterocycles. The first-order chi connectivity index (χ1) is 12.5. The lowest BCUT2D eigenvalue weighted by molar-refractivity contribution is -0.117. The Morgan fingerprint density at radius 3 is 2.81 bits per heavy atom. The molecule has 2 aromatic carbocycles. The highest BCUT2D eigenvalue weighted by atomic mass is 19.1. The molecule has 2 N–H and O–H groups in total. The second kappa shape index (κ2) is 7.43. The van der Waals surface area contributed by atoms with E-state index in [9.17, 15) is 14.0 Å². The van der Waals surface area contributed by atoms with Gasteiger partial charge in [0.2, 0.25) is 5.91 Å². The summed E-state index contributed by atoms with van der Waals surface area (Å²) in [5.41, 5.74) is 2.02. The van der Waals surface area contributed by atoms with Gasteiger partial charge < -0.3 is 20.3 Å². The molecule has 1 aliphatic heterocycles. The van der Waals surface area contributed by atoms with Crippen molar-refractivity contribution < 1.29 is 18.7 Å². The molecule has 1 aliphatic rings. The summed E-state index contributed by atoms with van der Waals surface area (Å²) in [6.45, 7) is 2.20. The summed E-state index contributed by atoms with van der Waals surface area (Å²) < 4.78 is 18.6. The van der Waals surface area contributed by atoms with E-state index in [-0.39, 0.29) is 18.4 Å². The number of methoxy groups -OCH3 is 1. The normalized spacial score (nSPS) is 16.5. The van der Waals surface area contributed by atoms with Gasteiger partial charge in [0.15, 0.2) is 0 Å². The van der Waals surface area contributed by atoms with Crippen molar-refractivity contribution in [1.82, 2.24) is 5.32 Å². The van der Waals surface area contributed by atoms with Gasteiger partial charge >= 0.3 is 6.03 Å². The van der Waals surface area contributed by atoms with Crippen LogP contribution in [0.3, 0.4) is 0 Å². The van der Waals surface area contributed by atoms with E-state index in [1.807, 2.05) is 13.0 Å². The minimum atomic E-state index is -0.423. The van der Waals surface area contributed by atoms with Gasteiger partial charge in [-0.3, -0.25) is 4.79 Å². The van der Waals surface area contributed by atoms with Crippen molar-refractivity contribution in [3.63, 3.8) is 0 Å². The number of aryl methyl sites for hydroxylation is 1. The van der Waals surface area contributed by atoms with E-state index >= 15 is 0 Å². The molecule has 1 atom stereocenters. The van der Waals surface area contributed by atoms with Crippen molar-refractivity contribution in [2.75, 3.05) is 23.9 Å². The van der Waals surface area contributed by atoms with Crippen LogP contribution in [0.25, 0.3) is 0 Å². The summed E-state index contributed by atoms with van der Waals surface area (Å²) in [6.07, 6.45) is 0.162. The lowest BCUT2D eigenvalue weighted by atomic mass is 10.2. The molecule has 7 heteroatoms. The molecule has 1 heterocycles. The van der Waals surface area contributed by atoms with Crippen LogP contribution in [0.15, 0.2) is 42.5 Å². The molecule has 6 nitrogen and oxygen atoms in total. The molecular formula is C19H20FN3O3. The van der Waals surface area contributed by atoms with Crippen LogP contribution < -0.4 is 20.3 Å². The summed E-state index contributed by atoms with van der Waals surface area (Å²) in [7, 11) is 1.53. The third kappa shape index (κ3) is 3.93. The van der Waals surface area contributed by atoms with E-state index in [0.29, 0.717) is 23.7 Å². The maximum Gasteiger partial charge on any atom is 0.319 e. The fourth-order valence-corrected chi connectivity index (χ4v) is 2.96. The summed E-state index contributed by atoms with van der Waals surface area (Å²) >= 11 is 0. The van der Waals surface area contributed by atoms with E-state index in [1.54, 1.807) is 24.3 Å². The first-order valence-corrected chi connectivity index (χ1v) is 8.24. The number of hydrogen-bond donors (Lipinski definition) is 2. The largest absolute Gasteiger partial charge is 0.495 e. The molecule has 1 fully saturated rings. The van der Waals surface area contributed by atoms with Crippen LogP contribution in [-0.4, -0.2) is 31.6 Å². The molecule has 0 bridgehead atoms. The highest BCUT2D eigenvalue weighted by Crippen LogP contribution is 2.26. The Morgan fingerprint density at radius 1 is 1.27 bits per heavy atom. The molecule has 0 unspecified atom stereocenters. The molecule has 0 radical (unpaired) electrons. The Hall–Kier alpha value is -3.09. The monoisotopic (exact) mass is 357 g/mol. The molecule has 0 spiro atoms. The number of amides is 3. The zero-order valence-corrected chi connectivity index (χ0v) is 14.6. The van der Waals surface area contributed by atoms with Gasteiger partial charge in [0.05, 0.1) is 18.8 Å². The second-order valence-electron chi connectivity index (χ2n) is 6.19. The van der Waals surface area contributed by atoms with E-state index in [0.717, 1.165) is 5.56 Å². The van der Waals surface area contributed by atoms with Crippen molar-refractivity contribution in [1.29, 1.82) is 0 Å². The molecule has 136 valence electrons. The predicted octanol–water partition coefficient (Wildman–Crippen LogP) is 3.07. The van der Waals surface area contributed by atoms with Crippen molar-refractivity contribution in [2.45, 2.75) is 19.4 Å². The number of nitrogens with zero attached hydrogens (tertiary/aromatic N) is 1. The number of ether oxygens (including phenoxy) is 1. The number of carbonyl (C=O) groups excluding carboxylic acids is 2. The number of benzene rings is 2. The third-order valence-electron chi connectivity index (χ3n) is 4.18. The number of carbonyl (C=O) groups is 2. The van der Waals surface area contributed by atoms with E-state index in [4.69, 9.17) is 4.74 Å². The first-order valence-electron chi connectivity index (χ1n) is 8.24. The lowest BCUT2D eigenvalue weighted by Crippen LogP contribution is -2.39. The molecule has 3 rings (SSSR count). The van der Waals surface area contributed by atoms with Crippen LogP contribution >= 0.6 is 0 Å². The Bertz CT molecular complexity index is 841. The SMILES string of the molecule is COc1ccc(C)cc1NC(=O)N[C@H]1CC(=O)N(c2cccc(F)c2)C1. The van der Waals surface area contributed by atoms with Gasteiger partial charge in [0, 0.05) is 18.7 Å². The van der Waals surface area contributed by atoms with Gasteiger partial charge in [-0.05, 0) is 42.8 Å².